The number of nitrogens with one attached hydrogen (secondary N) is 1. The number of ether oxygens (including phenoxy) is 1. The highest BCUT2D eigenvalue weighted by molar-refractivity contribution is 5.25. The Labute approximate surface area is 126 Å². The van der Waals surface area contributed by atoms with Gasteiger partial charge >= 0.3 is 0 Å². The summed E-state index contributed by atoms with van der Waals surface area (Å²) < 4.78 is 5.02. The summed E-state index contributed by atoms with van der Waals surface area (Å²) in [5.41, 5.74) is 4.55. The van der Waals surface area contributed by atoms with Gasteiger partial charge in [0.2, 0.25) is 0 Å². The first-order valence-corrected chi connectivity index (χ1v) is 7.26. The average molecular weight is 285 g/mol. The number of nitrogens with zero attached hydrogens (tertiary/aromatic N) is 2. The van der Waals surface area contributed by atoms with Crippen LogP contribution in [0.5, 0.6) is 0 Å². The highest BCUT2D eigenvalue weighted by atomic mass is 16.5. The van der Waals surface area contributed by atoms with Crippen molar-refractivity contribution in [3.63, 3.8) is 0 Å². The molecule has 1 aromatic heterocycles. The lowest BCUT2D eigenvalue weighted by atomic mass is 10.1. The second-order valence-electron chi connectivity index (χ2n) is 5.25. The third-order valence-corrected chi connectivity index (χ3v) is 3.19. The Morgan fingerprint density at radius 2 is 2.00 bits per heavy atom. The van der Waals surface area contributed by atoms with Gasteiger partial charge in [-0.05, 0) is 25.5 Å². The Morgan fingerprint density at radius 1 is 1.14 bits per heavy atom. The maximum atomic E-state index is 5.02. The molecule has 0 aliphatic heterocycles. The summed E-state index contributed by atoms with van der Waals surface area (Å²) in [6.07, 6.45) is 0.772. The number of hydrogen-bond donors (Lipinski definition) is 1. The molecule has 0 radical (unpaired) electrons. The first kappa shape index (κ1) is 15.6. The molecule has 4 heteroatoms. The van der Waals surface area contributed by atoms with E-state index in [0.29, 0.717) is 6.61 Å². The summed E-state index contributed by atoms with van der Waals surface area (Å²) in [5.74, 6) is 0.879. The van der Waals surface area contributed by atoms with Crippen LogP contribution in [-0.2, 0) is 17.7 Å². The molecule has 0 atom stereocenters. The van der Waals surface area contributed by atoms with E-state index in [4.69, 9.17) is 4.74 Å². The van der Waals surface area contributed by atoms with Crippen LogP contribution in [0.3, 0.4) is 0 Å². The van der Waals surface area contributed by atoms with E-state index < -0.39 is 0 Å². The standard InChI is InChI=1S/C17H23N3O/c1-13-5-4-6-15(9-13)11-17-19-14(2)10-16(20-17)12-18-7-8-21-3/h4-6,9-10,18H,7-8,11-12H2,1-3H3. The zero-order valence-electron chi connectivity index (χ0n) is 13.0. The smallest absolute Gasteiger partial charge is 0.133 e. The molecule has 0 fully saturated rings. The first-order chi connectivity index (χ1) is 10.2. The third-order valence-electron chi connectivity index (χ3n) is 3.19. The van der Waals surface area contributed by atoms with E-state index in [2.05, 4.69) is 46.5 Å². The number of benzene rings is 1. The Kier molecular flexibility index (Phi) is 5.84. The van der Waals surface area contributed by atoms with Gasteiger partial charge in [0.1, 0.15) is 5.82 Å². The van der Waals surface area contributed by atoms with Crippen molar-refractivity contribution in [2.75, 3.05) is 20.3 Å². The predicted molar refractivity (Wildman–Crippen MR) is 84.3 cm³/mol. The van der Waals surface area contributed by atoms with Crippen LogP contribution in [0.15, 0.2) is 30.3 Å². The summed E-state index contributed by atoms with van der Waals surface area (Å²) in [4.78, 5) is 9.18. The summed E-state index contributed by atoms with van der Waals surface area (Å²) >= 11 is 0. The fourth-order valence-electron chi connectivity index (χ4n) is 2.26. The molecule has 1 N–H and O–H groups in total. The molecule has 1 heterocycles. The molecule has 1 aromatic carbocycles. The van der Waals surface area contributed by atoms with E-state index in [1.54, 1.807) is 7.11 Å². The fraction of sp³-hybridized carbons (Fsp3) is 0.412. The van der Waals surface area contributed by atoms with Crippen LogP contribution < -0.4 is 5.32 Å². The van der Waals surface area contributed by atoms with Gasteiger partial charge in [0, 0.05) is 32.3 Å². The molecule has 0 aliphatic rings. The van der Waals surface area contributed by atoms with E-state index >= 15 is 0 Å². The lowest BCUT2D eigenvalue weighted by Crippen LogP contribution is -2.20. The van der Waals surface area contributed by atoms with Crippen molar-refractivity contribution in [1.29, 1.82) is 0 Å². The zero-order chi connectivity index (χ0) is 15.1. The van der Waals surface area contributed by atoms with Gasteiger partial charge in [0.15, 0.2) is 0 Å². The summed E-state index contributed by atoms with van der Waals surface area (Å²) in [7, 11) is 1.70. The Balaban J connectivity index is 2.04. The second-order valence-corrected chi connectivity index (χ2v) is 5.25. The molecule has 0 bridgehead atoms. The molecular weight excluding hydrogens is 262 g/mol. The van der Waals surface area contributed by atoms with Crippen LogP contribution in [-0.4, -0.2) is 30.2 Å². The van der Waals surface area contributed by atoms with Crippen LogP contribution in [0.2, 0.25) is 0 Å². The van der Waals surface area contributed by atoms with Gasteiger partial charge in [-0.3, -0.25) is 0 Å². The van der Waals surface area contributed by atoms with Gasteiger partial charge in [-0.1, -0.05) is 29.8 Å². The minimum atomic E-state index is 0.709. The van der Waals surface area contributed by atoms with Gasteiger partial charge in [-0.2, -0.15) is 0 Å². The minimum Gasteiger partial charge on any atom is -0.383 e. The highest BCUT2D eigenvalue weighted by Crippen LogP contribution is 2.09. The van der Waals surface area contributed by atoms with Crippen LogP contribution in [0.1, 0.15) is 28.3 Å². The number of rotatable bonds is 7. The Bertz CT molecular complexity index is 584. The van der Waals surface area contributed by atoms with Gasteiger partial charge in [-0.15, -0.1) is 0 Å². The van der Waals surface area contributed by atoms with Gasteiger partial charge in [0.05, 0.1) is 12.3 Å². The summed E-state index contributed by atoms with van der Waals surface area (Å²) in [5, 5.41) is 3.31. The number of aromatic nitrogens is 2. The molecule has 112 valence electrons. The fourth-order valence-corrected chi connectivity index (χ4v) is 2.26. The quantitative estimate of drug-likeness (QED) is 0.794. The predicted octanol–water partition coefficient (Wildman–Crippen LogP) is 2.42. The third kappa shape index (κ3) is 5.25. The van der Waals surface area contributed by atoms with E-state index in [0.717, 1.165) is 36.7 Å². The maximum Gasteiger partial charge on any atom is 0.133 e. The van der Waals surface area contributed by atoms with Crippen LogP contribution >= 0.6 is 0 Å². The number of hydrogen-bond acceptors (Lipinski definition) is 4. The van der Waals surface area contributed by atoms with Gasteiger partial charge in [-0.25, -0.2) is 9.97 Å². The first-order valence-electron chi connectivity index (χ1n) is 7.26. The SMILES string of the molecule is COCCNCc1cc(C)nc(Cc2cccc(C)c2)n1. The maximum absolute atomic E-state index is 5.02. The van der Waals surface area contributed by atoms with E-state index in [9.17, 15) is 0 Å². The second kappa shape index (κ2) is 7.86. The van der Waals surface area contributed by atoms with Crippen molar-refractivity contribution >= 4 is 0 Å². The molecule has 0 spiro atoms. The molecule has 0 aliphatic carbocycles. The Hall–Kier alpha value is -1.78. The van der Waals surface area contributed by atoms with Crippen molar-refractivity contribution in [2.45, 2.75) is 26.8 Å². The van der Waals surface area contributed by atoms with Crippen molar-refractivity contribution in [3.8, 4) is 0 Å². The Morgan fingerprint density at radius 3 is 2.76 bits per heavy atom. The van der Waals surface area contributed by atoms with Crippen LogP contribution in [0.25, 0.3) is 0 Å². The summed E-state index contributed by atoms with van der Waals surface area (Å²) in [6, 6.07) is 10.5. The van der Waals surface area contributed by atoms with Gasteiger partial charge < -0.3 is 10.1 Å². The van der Waals surface area contributed by atoms with Crippen LogP contribution in [0, 0.1) is 13.8 Å². The lowest BCUT2D eigenvalue weighted by molar-refractivity contribution is 0.199. The van der Waals surface area contributed by atoms with Gasteiger partial charge in [0.25, 0.3) is 0 Å². The number of aryl methyl sites for hydroxylation is 2. The molecule has 4 nitrogen and oxygen atoms in total. The van der Waals surface area contributed by atoms with E-state index in [1.807, 2.05) is 13.0 Å². The van der Waals surface area contributed by atoms with E-state index in [1.165, 1.54) is 11.1 Å². The largest absolute Gasteiger partial charge is 0.383 e. The molecule has 2 aromatic rings. The minimum absolute atomic E-state index is 0.709. The number of methoxy groups -OCH3 is 1. The monoisotopic (exact) mass is 285 g/mol. The molecule has 2 rings (SSSR count). The van der Waals surface area contributed by atoms with Crippen molar-refractivity contribution in [1.82, 2.24) is 15.3 Å². The molecule has 0 saturated carbocycles. The normalized spacial score (nSPS) is 10.8. The molecule has 0 amide bonds. The topological polar surface area (TPSA) is 47.0 Å². The van der Waals surface area contributed by atoms with Crippen molar-refractivity contribution in [2.24, 2.45) is 0 Å². The van der Waals surface area contributed by atoms with E-state index in [-0.39, 0.29) is 0 Å². The zero-order valence-corrected chi connectivity index (χ0v) is 13.0. The average Bonchev–Trinajstić information content (AvgIpc) is 2.43. The molecular formula is C17H23N3O. The van der Waals surface area contributed by atoms with Crippen LogP contribution in [0.4, 0.5) is 0 Å². The lowest BCUT2D eigenvalue weighted by Gasteiger charge is -2.08. The molecule has 0 unspecified atom stereocenters. The summed E-state index contributed by atoms with van der Waals surface area (Å²) in [6.45, 7) is 6.40. The molecule has 0 saturated heterocycles. The molecule has 21 heavy (non-hydrogen) atoms. The van der Waals surface area contributed by atoms with Crippen molar-refractivity contribution in [3.05, 3.63) is 58.7 Å². The van der Waals surface area contributed by atoms with Crippen molar-refractivity contribution < 1.29 is 4.74 Å². The highest BCUT2D eigenvalue weighted by Gasteiger charge is 2.04.